The van der Waals surface area contributed by atoms with E-state index in [0.717, 1.165) is 32.0 Å². The molecule has 0 aliphatic carbocycles. The third kappa shape index (κ3) is 6.37. The Morgan fingerprint density at radius 3 is 2.52 bits per heavy atom. The van der Waals surface area contributed by atoms with Crippen molar-refractivity contribution in [3.05, 3.63) is 64.7 Å². The number of para-hydroxylation sites is 1. The average Bonchev–Trinajstić information content (AvgIpc) is 2.68. The molecule has 1 saturated heterocycles. The van der Waals surface area contributed by atoms with E-state index in [4.69, 9.17) is 11.6 Å². The topological polar surface area (TPSA) is 44.4 Å². The number of alkyl halides is 3. The van der Waals surface area contributed by atoms with E-state index in [1.165, 1.54) is 12.1 Å². The summed E-state index contributed by atoms with van der Waals surface area (Å²) in [4.78, 5) is 14.3. The highest BCUT2D eigenvalue weighted by molar-refractivity contribution is 6.33. The van der Waals surface area contributed by atoms with Gasteiger partial charge in [0.2, 0.25) is 5.91 Å². The van der Waals surface area contributed by atoms with E-state index in [2.05, 4.69) is 15.5 Å². The fourth-order valence-corrected chi connectivity index (χ4v) is 3.60. The van der Waals surface area contributed by atoms with E-state index in [-0.39, 0.29) is 18.5 Å². The maximum atomic E-state index is 12.8. The molecule has 0 radical (unpaired) electrons. The van der Waals surface area contributed by atoms with Crippen molar-refractivity contribution in [3.63, 3.8) is 0 Å². The number of hydrogen-bond acceptors (Lipinski definition) is 3. The second-order valence-electron chi connectivity index (χ2n) is 7.15. The monoisotopic (exact) mass is 425 g/mol. The third-order valence-electron chi connectivity index (χ3n) is 4.93. The van der Waals surface area contributed by atoms with Crippen LogP contribution in [0.4, 0.5) is 18.9 Å². The van der Waals surface area contributed by atoms with Crippen molar-refractivity contribution in [1.82, 2.24) is 10.2 Å². The van der Waals surface area contributed by atoms with E-state index in [9.17, 15) is 18.0 Å². The largest absolute Gasteiger partial charge is 0.416 e. The first-order valence-corrected chi connectivity index (χ1v) is 9.85. The quantitative estimate of drug-likeness (QED) is 0.713. The predicted octanol–water partition coefficient (Wildman–Crippen LogP) is 4.55. The Morgan fingerprint density at radius 1 is 1.10 bits per heavy atom. The molecule has 1 aliphatic rings. The Bertz CT molecular complexity index is 836. The minimum absolute atomic E-state index is 0.0632. The van der Waals surface area contributed by atoms with E-state index in [1.54, 1.807) is 12.1 Å². The zero-order chi connectivity index (χ0) is 20.9. The fourth-order valence-electron chi connectivity index (χ4n) is 3.40. The van der Waals surface area contributed by atoms with Gasteiger partial charge in [-0.15, -0.1) is 0 Å². The summed E-state index contributed by atoms with van der Waals surface area (Å²) in [5, 5.41) is 6.58. The lowest BCUT2D eigenvalue weighted by Gasteiger charge is -2.32. The van der Waals surface area contributed by atoms with Gasteiger partial charge in [0.25, 0.3) is 0 Å². The number of benzene rings is 2. The van der Waals surface area contributed by atoms with Gasteiger partial charge in [-0.3, -0.25) is 9.69 Å². The molecule has 1 aliphatic heterocycles. The first-order chi connectivity index (χ1) is 13.8. The van der Waals surface area contributed by atoms with Crippen molar-refractivity contribution in [1.29, 1.82) is 0 Å². The molecule has 1 fully saturated rings. The maximum absolute atomic E-state index is 12.8. The Morgan fingerprint density at radius 2 is 1.83 bits per heavy atom. The van der Waals surface area contributed by atoms with Gasteiger partial charge in [-0.2, -0.15) is 13.2 Å². The van der Waals surface area contributed by atoms with Crippen LogP contribution < -0.4 is 10.6 Å². The van der Waals surface area contributed by atoms with E-state index in [1.807, 2.05) is 18.2 Å². The highest BCUT2D eigenvalue weighted by Crippen LogP contribution is 2.30. The Hall–Kier alpha value is -2.25. The number of anilines is 1. The first-order valence-electron chi connectivity index (χ1n) is 9.47. The Balaban J connectivity index is 1.42. The number of carbonyl (C=O) groups excluding carboxylic acids is 1. The standard InChI is InChI=1S/C21H23ClF3N3O/c22-18-6-1-2-7-19(18)26-13-20(29)27-17-8-10-28(11-9-17)14-15-4-3-5-16(12-15)21(23,24)25/h1-7,12,17,26H,8-11,13-14H2,(H,27,29). The third-order valence-corrected chi connectivity index (χ3v) is 5.26. The van der Waals surface area contributed by atoms with Crippen LogP contribution in [0.15, 0.2) is 48.5 Å². The lowest BCUT2D eigenvalue weighted by molar-refractivity contribution is -0.137. The van der Waals surface area contributed by atoms with Crippen LogP contribution in [-0.2, 0) is 17.5 Å². The summed E-state index contributed by atoms with van der Waals surface area (Å²) < 4.78 is 38.5. The van der Waals surface area contributed by atoms with Crippen molar-refractivity contribution in [2.75, 3.05) is 25.0 Å². The summed E-state index contributed by atoms with van der Waals surface area (Å²) in [6.45, 7) is 2.05. The normalized spacial score (nSPS) is 15.9. The molecular weight excluding hydrogens is 403 g/mol. The van der Waals surface area contributed by atoms with Crippen LogP contribution in [0.25, 0.3) is 0 Å². The van der Waals surface area contributed by atoms with E-state index < -0.39 is 11.7 Å². The summed E-state index contributed by atoms with van der Waals surface area (Å²) in [5.74, 6) is -0.110. The van der Waals surface area contributed by atoms with Gasteiger partial charge in [0.05, 0.1) is 22.8 Å². The number of nitrogens with one attached hydrogen (secondary N) is 2. The van der Waals surface area contributed by atoms with Crippen LogP contribution >= 0.6 is 11.6 Å². The smallest absolute Gasteiger partial charge is 0.375 e. The number of likely N-dealkylation sites (tertiary alicyclic amines) is 1. The molecule has 1 amide bonds. The fraction of sp³-hybridized carbons (Fsp3) is 0.381. The van der Waals surface area contributed by atoms with Crippen LogP contribution in [0.5, 0.6) is 0 Å². The molecule has 2 N–H and O–H groups in total. The highest BCUT2D eigenvalue weighted by atomic mass is 35.5. The molecular formula is C21H23ClF3N3O. The van der Waals surface area contributed by atoms with E-state index in [0.29, 0.717) is 22.8 Å². The second kappa shape index (κ2) is 9.50. The molecule has 8 heteroatoms. The molecule has 2 aromatic carbocycles. The average molecular weight is 426 g/mol. The molecule has 0 saturated carbocycles. The van der Waals surface area contributed by atoms with Gasteiger partial charge in [0.15, 0.2) is 0 Å². The number of piperidine rings is 1. The molecule has 0 atom stereocenters. The maximum Gasteiger partial charge on any atom is 0.416 e. The Kier molecular flexibility index (Phi) is 7.03. The van der Waals surface area contributed by atoms with Gasteiger partial charge in [0, 0.05) is 25.7 Å². The molecule has 4 nitrogen and oxygen atoms in total. The van der Waals surface area contributed by atoms with Crippen molar-refractivity contribution >= 4 is 23.2 Å². The molecule has 1 heterocycles. The Labute approximate surface area is 173 Å². The van der Waals surface area contributed by atoms with Crippen LogP contribution in [0.2, 0.25) is 5.02 Å². The first kappa shape index (κ1) is 21.5. The van der Waals surface area contributed by atoms with Crippen LogP contribution in [0, 0.1) is 0 Å². The van der Waals surface area contributed by atoms with Gasteiger partial charge < -0.3 is 10.6 Å². The van der Waals surface area contributed by atoms with Crippen LogP contribution in [0.3, 0.4) is 0 Å². The van der Waals surface area contributed by atoms with Gasteiger partial charge in [-0.1, -0.05) is 41.9 Å². The summed E-state index contributed by atoms with van der Waals surface area (Å²) >= 11 is 6.05. The molecule has 156 valence electrons. The van der Waals surface area contributed by atoms with Crippen molar-refractivity contribution < 1.29 is 18.0 Å². The summed E-state index contributed by atoms with van der Waals surface area (Å²) in [7, 11) is 0. The van der Waals surface area contributed by atoms with Gasteiger partial charge >= 0.3 is 6.18 Å². The van der Waals surface area contributed by atoms with Crippen molar-refractivity contribution in [3.8, 4) is 0 Å². The molecule has 0 bridgehead atoms. The molecule has 29 heavy (non-hydrogen) atoms. The van der Waals surface area contributed by atoms with Gasteiger partial charge in [0.1, 0.15) is 0 Å². The summed E-state index contributed by atoms with van der Waals surface area (Å²) in [6.07, 6.45) is -2.81. The molecule has 3 rings (SSSR count). The number of amides is 1. The second-order valence-corrected chi connectivity index (χ2v) is 7.56. The summed E-state index contributed by atoms with van der Waals surface area (Å²) in [5.41, 5.74) is 0.731. The number of nitrogens with zero attached hydrogens (tertiary/aromatic N) is 1. The van der Waals surface area contributed by atoms with Crippen LogP contribution in [-0.4, -0.2) is 36.5 Å². The number of rotatable bonds is 6. The van der Waals surface area contributed by atoms with E-state index >= 15 is 0 Å². The van der Waals surface area contributed by atoms with Crippen molar-refractivity contribution in [2.45, 2.75) is 31.6 Å². The van der Waals surface area contributed by atoms with Gasteiger partial charge in [-0.05, 0) is 36.6 Å². The minimum Gasteiger partial charge on any atom is -0.375 e. The molecule has 0 aromatic heterocycles. The number of hydrogen-bond donors (Lipinski definition) is 2. The predicted molar refractivity (Wildman–Crippen MR) is 108 cm³/mol. The minimum atomic E-state index is -4.33. The zero-order valence-corrected chi connectivity index (χ0v) is 16.6. The highest BCUT2D eigenvalue weighted by Gasteiger charge is 2.30. The van der Waals surface area contributed by atoms with Crippen LogP contribution in [0.1, 0.15) is 24.0 Å². The molecule has 0 unspecified atom stereocenters. The van der Waals surface area contributed by atoms with Gasteiger partial charge in [-0.25, -0.2) is 0 Å². The molecule has 2 aromatic rings. The van der Waals surface area contributed by atoms with Crippen molar-refractivity contribution in [2.24, 2.45) is 0 Å². The molecule has 0 spiro atoms. The lowest BCUT2D eigenvalue weighted by atomic mass is 10.0. The number of carbonyl (C=O) groups is 1. The lowest BCUT2D eigenvalue weighted by Crippen LogP contribution is -2.45. The zero-order valence-electron chi connectivity index (χ0n) is 15.8. The SMILES string of the molecule is O=C(CNc1ccccc1Cl)NC1CCN(Cc2cccc(C(F)(F)F)c2)CC1. The summed E-state index contributed by atoms with van der Waals surface area (Å²) in [6, 6.07) is 12.7. The number of halogens is 4.